The van der Waals surface area contributed by atoms with Crippen LogP contribution in [-0.4, -0.2) is 60.1 Å². The molecule has 0 spiro atoms. The second-order valence-corrected chi connectivity index (χ2v) is 9.80. The molecular formula is C29H33F3N2O3. The number of piperidine rings is 1. The molecule has 4 rings (SSSR count). The van der Waals surface area contributed by atoms with Crippen molar-refractivity contribution in [1.82, 2.24) is 9.80 Å². The van der Waals surface area contributed by atoms with Crippen molar-refractivity contribution in [2.45, 2.75) is 57.4 Å². The summed E-state index contributed by atoms with van der Waals surface area (Å²) in [5.41, 5.74) is 3.59. The van der Waals surface area contributed by atoms with Crippen LogP contribution in [0.25, 0.3) is 6.08 Å². The van der Waals surface area contributed by atoms with Gasteiger partial charge < -0.3 is 9.64 Å². The lowest BCUT2D eigenvalue weighted by Crippen LogP contribution is -2.52. The topological polar surface area (TPSA) is 49.9 Å². The number of hydrogen-bond donors (Lipinski definition) is 0. The van der Waals surface area contributed by atoms with Crippen molar-refractivity contribution in [2.24, 2.45) is 5.92 Å². The third-order valence-electron chi connectivity index (χ3n) is 7.36. The quantitative estimate of drug-likeness (QED) is 0.424. The Hall–Kier alpha value is -3.13. The van der Waals surface area contributed by atoms with E-state index >= 15 is 0 Å². The highest BCUT2D eigenvalue weighted by molar-refractivity contribution is 5.89. The van der Waals surface area contributed by atoms with Crippen LogP contribution in [0.15, 0.2) is 60.2 Å². The molecule has 0 aromatic heterocycles. The van der Waals surface area contributed by atoms with Crippen LogP contribution in [-0.2, 0) is 16.1 Å². The highest BCUT2D eigenvalue weighted by atomic mass is 19.4. The number of hydrogen-bond acceptors (Lipinski definition) is 4. The van der Waals surface area contributed by atoms with E-state index in [1.807, 2.05) is 49.4 Å². The van der Waals surface area contributed by atoms with Crippen molar-refractivity contribution < 1.29 is 27.5 Å². The van der Waals surface area contributed by atoms with E-state index in [-0.39, 0.29) is 5.92 Å². The Morgan fingerprint density at radius 3 is 2.27 bits per heavy atom. The molecule has 2 aromatic rings. The Balaban J connectivity index is 1.42. The number of alkyl halides is 3. The average molecular weight is 515 g/mol. The summed E-state index contributed by atoms with van der Waals surface area (Å²) >= 11 is 0. The van der Waals surface area contributed by atoms with Crippen molar-refractivity contribution in [1.29, 1.82) is 0 Å². The van der Waals surface area contributed by atoms with E-state index in [2.05, 4.69) is 11.0 Å². The maximum absolute atomic E-state index is 13.6. The number of halogens is 3. The Morgan fingerprint density at radius 1 is 1.05 bits per heavy atom. The number of rotatable bonds is 8. The molecule has 2 aromatic carbocycles. The number of nitrogens with zero attached hydrogens (tertiary/aromatic N) is 2. The second-order valence-electron chi connectivity index (χ2n) is 9.80. The van der Waals surface area contributed by atoms with E-state index in [0.29, 0.717) is 44.5 Å². The zero-order valence-electron chi connectivity index (χ0n) is 21.2. The lowest BCUT2D eigenvalue weighted by Gasteiger charge is -2.39. The van der Waals surface area contributed by atoms with Gasteiger partial charge in [0.25, 0.3) is 0 Å². The van der Waals surface area contributed by atoms with Crippen molar-refractivity contribution in [2.75, 3.05) is 20.2 Å². The van der Waals surface area contributed by atoms with E-state index < -0.39 is 30.1 Å². The summed E-state index contributed by atoms with van der Waals surface area (Å²) in [5, 5.41) is 0. The molecule has 198 valence electrons. The number of methoxy groups -OCH3 is 1. The number of likely N-dealkylation sites (tertiary alicyclic amines) is 1. The second kappa shape index (κ2) is 11.5. The van der Waals surface area contributed by atoms with E-state index in [4.69, 9.17) is 4.74 Å². The monoisotopic (exact) mass is 514 g/mol. The van der Waals surface area contributed by atoms with Gasteiger partial charge in [-0.1, -0.05) is 61.0 Å². The Bertz CT molecular complexity index is 1110. The minimum Gasteiger partial charge on any atom is -0.465 e. The van der Waals surface area contributed by atoms with Gasteiger partial charge in [-0.15, -0.1) is 0 Å². The molecule has 2 fully saturated rings. The lowest BCUT2D eigenvalue weighted by molar-refractivity contribution is -0.189. The van der Waals surface area contributed by atoms with E-state index in [1.54, 1.807) is 12.1 Å². The number of carbonyl (C=O) groups excluding carboxylic acids is 2. The standard InChI is InChI=1S/C29H33F3N2O3/c1-3-22(17-20-7-5-4-6-8-20)25-18-26(25)34(28(36)29(30,31)32)24-13-15-33(16-14-24)19-21-9-11-23(12-10-21)27(35)37-2/h4-12,17,24-26H,3,13-16,18-19H2,1-2H3/b22-17+/t25-,26+/m0/s1. The molecule has 37 heavy (non-hydrogen) atoms. The van der Waals surface area contributed by atoms with Crippen LogP contribution in [0, 0.1) is 5.92 Å². The van der Waals surface area contributed by atoms with Crippen LogP contribution >= 0.6 is 0 Å². The molecule has 0 unspecified atom stereocenters. The van der Waals surface area contributed by atoms with Gasteiger partial charge in [0.1, 0.15) is 0 Å². The molecule has 0 N–H and O–H groups in total. The molecule has 1 saturated heterocycles. The van der Waals surface area contributed by atoms with Crippen LogP contribution in [0.1, 0.15) is 54.1 Å². The van der Waals surface area contributed by atoms with Gasteiger partial charge in [0.2, 0.25) is 0 Å². The van der Waals surface area contributed by atoms with Crippen LogP contribution < -0.4 is 0 Å². The van der Waals surface area contributed by atoms with Gasteiger partial charge in [0.05, 0.1) is 12.7 Å². The highest BCUT2D eigenvalue weighted by Crippen LogP contribution is 2.46. The largest absolute Gasteiger partial charge is 0.471 e. The Kier molecular flexibility index (Phi) is 8.37. The number of esters is 1. The summed E-state index contributed by atoms with van der Waals surface area (Å²) in [7, 11) is 1.33. The minimum atomic E-state index is -4.89. The van der Waals surface area contributed by atoms with Crippen LogP contribution in [0.2, 0.25) is 0 Å². The molecule has 5 nitrogen and oxygen atoms in total. The predicted molar refractivity (Wildman–Crippen MR) is 136 cm³/mol. The fourth-order valence-electron chi connectivity index (χ4n) is 5.33. The molecule has 2 atom stereocenters. The molecule has 1 aliphatic carbocycles. The third-order valence-corrected chi connectivity index (χ3v) is 7.36. The minimum absolute atomic E-state index is 0.0390. The Labute approximate surface area is 215 Å². The summed E-state index contributed by atoms with van der Waals surface area (Å²) in [5.74, 6) is -2.15. The molecular weight excluding hydrogens is 481 g/mol. The van der Waals surface area contributed by atoms with E-state index in [9.17, 15) is 22.8 Å². The number of benzene rings is 2. The van der Waals surface area contributed by atoms with E-state index in [1.165, 1.54) is 7.11 Å². The van der Waals surface area contributed by atoms with E-state index in [0.717, 1.165) is 28.0 Å². The van der Waals surface area contributed by atoms with Crippen molar-refractivity contribution in [3.8, 4) is 0 Å². The van der Waals surface area contributed by atoms with Gasteiger partial charge in [-0.05, 0) is 48.9 Å². The number of ether oxygens (including phenoxy) is 1. The van der Waals surface area contributed by atoms with Gasteiger partial charge in [-0.3, -0.25) is 9.69 Å². The first-order valence-electron chi connectivity index (χ1n) is 12.8. The number of carbonyl (C=O) groups is 2. The summed E-state index contributed by atoms with van der Waals surface area (Å²) in [6.45, 7) is 3.84. The highest BCUT2D eigenvalue weighted by Gasteiger charge is 2.54. The van der Waals surface area contributed by atoms with Crippen molar-refractivity contribution >= 4 is 18.0 Å². The maximum atomic E-state index is 13.6. The Morgan fingerprint density at radius 2 is 1.70 bits per heavy atom. The fraction of sp³-hybridized carbons (Fsp3) is 0.448. The molecule has 1 aliphatic heterocycles. The zero-order valence-corrected chi connectivity index (χ0v) is 21.2. The van der Waals surface area contributed by atoms with Gasteiger partial charge in [-0.2, -0.15) is 13.2 Å². The van der Waals surface area contributed by atoms with Gasteiger partial charge >= 0.3 is 18.1 Å². The van der Waals surface area contributed by atoms with Crippen LogP contribution in [0.5, 0.6) is 0 Å². The summed E-state index contributed by atoms with van der Waals surface area (Å²) in [6.07, 6.45) is -0.543. The fourth-order valence-corrected chi connectivity index (χ4v) is 5.33. The molecule has 1 heterocycles. The smallest absolute Gasteiger partial charge is 0.465 e. The van der Waals surface area contributed by atoms with Crippen LogP contribution in [0.3, 0.4) is 0 Å². The molecule has 1 saturated carbocycles. The molecule has 0 radical (unpaired) electrons. The normalized spacial score (nSPS) is 20.9. The van der Waals surface area contributed by atoms with Crippen molar-refractivity contribution in [3.05, 3.63) is 76.9 Å². The van der Waals surface area contributed by atoms with Crippen molar-refractivity contribution in [3.63, 3.8) is 0 Å². The molecule has 2 aliphatic rings. The van der Waals surface area contributed by atoms with Gasteiger partial charge in [0.15, 0.2) is 0 Å². The summed E-state index contributed by atoms with van der Waals surface area (Å²) in [4.78, 5) is 27.5. The zero-order chi connectivity index (χ0) is 26.6. The molecule has 0 bridgehead atoms. The maximum Gasteiger partial charge on any atom is 0.471 e. The first kappa shape index (κ1) is 26.9. The first-order valence-corrected chi connectivity index (χ1v) is 12.8. The predicted octanol–water partition coefficient (Wildman–Crippen LogP) is 5.71. The first-order chi connectivity index (χ1) is 17.7. The van der Waals surface area contributed by atoms with Gasteiger partial charge in [-0.25, -0.2) is 4.79 Å². The SMILES string of the molecule is CC/C(=C\c1ccccc1)[C@@H]1C[C@H]1N(C(=O)C(F)(F)F)C1CCN(Cc2ccc(C(=O)OC)cc2)CC1. The number of amides is 1. The molecule has 8 heteroatoms. The third kappa shape index (κ3) is 6.60. The average Bonchev–Trinajstić information content (AvgIpc) is 3.68. The van der Waals surface area contributed by atoms with Gasteiger partial charge in [0, 0.05) is 37.6 Å². The molecule has 1 amide bonds. The summed E-state index contributed by atoms with van der Waals surface area (Å²) in [6, 6.07) is 16.0. The lowest BCUT2D eigenvalue weighted by atomic mass is 10.00. The summed E-state index contributed by atoms with van der Waals surface area (Å²) < 4.78 is 45.6. The van der Waals surface area contributed by atoms with Crippen LogP contribution in [0.4, 0.5) is 13.2 Å².